The van der Waals surface area contributed by atoms with E-state index in [2.05, 4.69) is 148 Å². The zero-order valence-corrected chi connectivity index (χ0v) is 56.6. The summed E-state index contributed by atoms with van der Waals surface area (Å²) in [6.45, 7) is 4.60. The monoisotopic (exact) mass is 1210 g/mol. The van der Waals surface area contributed by atoms with Gasteiger partial charge in [0.15, 0.2) is 6.10 Å². The second-order valence-electron chi connectivity index (χ2n) is 24.4. The molecule has 0 aromatic carbocycles. The highest BCUT2D eigenvalue weighted by molar-refractivity contribution is 5.71. The molecule has 0 spiro atoms. The molecule has 0 amide bonds. The van der Waals surface area contributed by atoms with E-state index >= 15 is 0 Å². The van der Waals surface area contributed by atoms with Crippen LogP contribution in [0.4, 0.5) is 0 Å². The molecular formula is C78H132NO8+. The first-order valence-electron chi connectivity index (χ1n) is 35.3. The van der Waals surface area contributed by atoms with E-state index in [1.54, 1.807) is 0 Å². The van der Waals surface area contributed by atoms with Crippen LogP contribution in [0.3, 0.4) is 0 Å². The van der Waals surface area contributed by atoms with Gasteiger partial charge in [0, 0.05) is 12.8 Å². The molecule has 0 aliphatic rings. The van der Waals surface area contributed by atoms with Crippen molar-refractivity contribution in [2.24, 2.45) is 0 Å². The quantitative estimate of drug-likeness (QED) is 0.0211. The van der Waals surface area contributed by atoms with Gasteiger partial charge in [0.1, 0.15) is 13.2 Å². The maximum absolute atomic E-state index is 12.9. The summed E-state index contributed by atoms with van der Waals surface area (Å²) in [5.74, 6) is -2.06. The van der Waals surface area contributed by atoms with E-state index < -0.39 is 24.3 Å². The van der Waals surface area contributed by atoms with Gasteiger partial charge in [-0.05, 0) is 109 Å². The Hall–Kier alpha value is -4.57. The average Bonchev–Trinajstić information content (AvgIpc) is 3.57. The number of hydrogen-bond acceptors (Lipinski definition) is 7. The van der Waals surface area contributed by atoms with Gasteiger partial charge in [-0.25, -0.2) is 4.79 Å². The Morgan fingerprint density at radius 1 is 0.345 bits per heavy atom. The molecule has 0 aromatic heterocycles. The van der Waals surface area contributed by atoms with Gasteiger partial charge in [0.25, 0.3) is 6.29 Å². The maximum atomic E-state index is 12.9. The van der Waals surface area contributed by atoms with Crippen LogP contribution in [0.15, 0.2) is 134 Å². The second kappa shape index (κ2) is 67.4. The van der Waals surface area contributed by atoms with Crippen LogP contribution in [0, 0.1) is 0 Å². The number of carbonyl (C=O) groups excluding carboxylic acids is 2. The Morgan fingerprint density at radius 3 is 0.943 bits per heavy atom. The fourth-order valence-corrected chi connectivity index (χ4v) is 9.58. The average molecular weight is 1210 g/mol. The zero-order chi connectivity index (χ0) is 63.3. The Bertz CT molecular complexity index is 1890. The summed E-state index contributed by atoms with van der Waals surface area (Å²) in [6, 6.07) is 0. The summed E-state index contributed by atoms with van der Waals surface area (Å²) in [4.78, 5) is 37.6. The van der Waals surface area contributed by atoms with E-state index in [4.69, 9.17) is 18.9 Å². The molecule has 2 unspecified atom stereocenters. The van der Waals surface area contributed by atoms with Crippen LogP contribution in [0.25, 0.3) is 0 Å². The zero-order valence-electron chi connectivity index (χ0n) is 56.6. The lowest BCUT2D eigenvalue weighted by Gasteiger charge is -2.25. The summed E-state index contributed by atoms with van der Waals surface area (Å²) in [5, 5.41) is 9.73. The largest absolute Gasteiger partial charge is 0.477 e. The molecule has 0 aromatic rings. The number of carboxylic acids is 1. The van der Waals surface area contributed by atoms with Crippen LogP contribution in [0.5, 0.6) is 0 Å². The van der Waals surface area contributed by atoms with Crippen molar-refractivity contribution in [1.82, 2.24) is 0 Å². The lowest BCUT2D eigenvalue weighted by molar-refractivity contribution is -0.870. The van der Waals surface area contributed by atoms with E-state index in [0.29, 0.717) is 17.4 Å². The number of quaternary nitrogens is 1. The highest BCUT2D eigenvalue weighted by atomic mass is 16.7. The first kappa shape index (κ1) is 82.4. The fraction of sp³-hybridized carbons (Fsp3) is 0.679. The van der Waals surface area contributed by atoms with E-state index in [1.807, 2.05) is 21.1 Å². The Kier molecular flexibility index (Phi) is 63.8. The first-order valence-corrected chi connectivity index (χ1v) is 35.3. The maximum Gasteiger partial charge on any atom is 0.361 e. The Balaban J connectivity index is 4.03. The standard InChI is InChI=1S/C78H131NO8/c1-6-8-10-12-14-16-18-20-22-24-26-28-29-30-31-32-33-34-35-36-37-38-39-40-41-42-43-44-45-46-47-49-50-52-54-56-58-60-62-64-66-68-75(80)85-72-74(73-86-78(77(82)83)84-71-70-79(3,4)5)87-76(81)69-67-65-63-61-59-57-55-53-51-48-27-25-23-21-19-17-15-13-11-9-7-2/h8-11,14-17,20-23,26-28,30-31,48,53,55,59,61,74,78H,6-7,12-13,18-19,24-25,29,32-47,49-52,54,56-58,60,62-73H2,1-5H3/p+1/b10-8-,11-9-,16-14-,17-15-,22-20-,23-21-,28-26-,31-30-,48-27-,55-53-,61-59-. The van der Waals surface area contributed by atoms with E-state index in [0.717, 1.165) is 103 Å². The number of carbonyl (C=O) groups is 3. The van der Waals surface area contributed by atoms with Gasteiger partial charge in [-0.2, -0.15) is 0 Å². The molecule has 0 saturated heterocycles. The fourth-order valence-electron chi connectivity index (χ4n) is 9.58. The molecule has 87 heavy (non-hydrogen) atoms. The molecule has 0 rings (SSSR count). The number of allylic oxidation sites excluding steroid dienone is 22. The predicted octanol–water partition coefficient (Wildman–Crippen LogP) is 22.1. The number of unbranched alkanes of at least 4 members (excludes halogenated alkanes) is 27. The third-order valence-corrected chi connectivity index (χ3v) is 14.9. The molecule has 2 atom stereocenters. The van der Waals surface area contributed by atoms with Gasteiger partial charge in [0.2, 0.25) is 0 Å². The van der Waals surface area contributed by atoms with Gasteiger partial charge in [0.05, 0.1) is 34.4 Å². The second-order valence-corrected chi connectivity index (χ2v) is 24.4. The molecular weight excluding hydrogens is 1080 g/mol. The number of likely N-dealkylation sites (N-methyl/N-ethyl adjacent to an activating group) is 1. The van der Waals surface area contributed by atoms with Crippen molar-refractivity contribution in [2.45, 2.75) is 296 Å². The van der Waals surface area contributed by atoms with Crippen LogP contribution in [0.2, 0.25) is 0 Å². The van der Waals surface area contributed by atoms with Gasteiger partial charge >= 0.3 is 17.9 Å². The Morgan fingerprint density at radius 2 is 0.621 bits per heavy atom. The van der Waals surface area contributed by atoms with Gasteiger partial charge in [-0.15, -0.1) is 0 Å². The smallest absolute Gasteiger partial charge is 0.361 e. The molecule has 1 N–H and O–H groups in total. The SMILES string of the molecule is CC/C=C\C/C=C\C/C=C\C/C=C\C/C=C\C/C=C\CCCCC(=O)OC(COC(=O)CCCCCCCCCCCCCCCCCCCCCCCCCCC/C=C\C/C=C\C/C=C\C/C=C\C/C=C\CC)COC(OCC[N+](C)(C)C)C(=O)O. The van der Waals surface area contributed by atoms with Crippen molar-refractivity contribution in [3.8, 4) is 0 Å². The number of ether oxygens (including phenoxy) is 4. The van der Waals surface area contributed by atoms with E-state index in [1.165, 1.54) is 148 Å². The number of rotatable bonds is 64. The Labute approximate surface area is 535 Å². The van der Waals surface area contributed by atoms with Crippen molar-refractivity contribution in [3.63, 3.8) is 0 Å². The molecule has 9 nitrogen and oxygen atoms in total. The number of aliphatic carboxylic acids is 1. The van der Waals surface area contributed by atoms with Crippen LogP contribution >= 0.6 is 0 Å². The summed E-state index contributed by atoms with van der Waals surface area (Å²) < 4.78 is 22.9. The molecule has 0 aliphatic heterocycles. The molecule has 0 bridgehead atoms. The molecule has 0 aliphatic carbocycles. The van der Waals surface area contributed by atoms with E-state index in [-0.39, 0.29) is 38.6 Å². The normalized spacial score (nSPS) is 13.5. The molecule has 0 saturated carbocycles. The minimum absolute atomic E-state index is 0.174. The van der Waals surface area contributed by atoms with Gasteiger partial charge in [-0.1, -0.05) is 295 Å². The summed E-state index contributed by atoms with van der Waals surface area (Å²) in [5.41, 5.74) is 0. The third-order valence-electron chi connectivity index (χ3n) is 14.9. The van der Waals surface area contributed by atoms with Crippen molar-refractivity contribution >= 4 is 17.9 Å². The number of carboxylic acid groups (broad SMARTS) is 1. The van der Waals surface area contributed by atoms with Crippen LogP contribution in [-0.2, 0) is 33.3 Å². The predicted molar refractivity (Wildman–Crippen MR) is 373 cm³/mol. The first-order chi connectivity index (χ1) is 42.6. The number of nitrogens with zero attached hydrogens (tertiary/aromatic N) is 1. The lowest BCUT2D eigenvalue weighted by atomic mass is 10.0. The van der Waals surface area contributed by atoms with Gasteiger partial charge < -0.3 is 28.5 Å². The minimum atomic E-state index is -1.53. The summed E-state index contributed by atoms with van der Waals surface area (Å²) in [6.07, 6.45) is 94.5. The van der Waals surface area contributed by atoms with Crippen molar-refractivity contribution < 1.29 is 42.9 Å². The third kappa shape index (κ3) is 68.8. The molecule has 0 radical (unpaired) electrons. The van der Waals surface area contributed by atoms with Crippen LogP contribution < -0.4 is 0 Å². The van der Waals surface area contributed by atoms with Crippen LogP contribution in [-0.4, -0.2) is 87.4 Å². The van der Waals surface area contributed by atoms with Crippen molar-refractivity contribution in [1.29, 1.82) is 0 Å². The molecule has 496 valence electrons. The topological polar surface area (TPSA) is 108 Å². The molecule has 0 fully saturated rings. The summed E-state index contributed by atoms with van der Waals surface area (Å²) >= 11 is 0. The van der Waals surface area contributed by atoms with Crippen molar-refractivity contribution in [2.75, 3.05) is 47.5 Å². The molecule has 9 heteroatoms. The minimum Gasteiger partial charge on any atom is -0.477 e. The van der Waals surface area contributed by atoms with Crippen LogP contribution in [0.1, 0.15) is 284 Å². The number of esters is 2. The van der Waals surface area contributed by atoms with Crippen molar-refractivity contribution in [3.05, 3.63) is 134 Å². The number of hydrogen-bond donors (Lipinski definition) is 1. The van der Waals surface area contributed by atoms with E-state index in [9.17, 15) is 19.5 Å². The van der Waals surface area contributed by atoms with Gasteiger partial charge in [-0.3, -0.25) is 9.59 Å². The lowest BCUT2D eigenvalue weighted by Crippen LogP contribution is -2.40. The molecule has 0 heterocycles. The summed E-state index contributed by atoms with van der Waals surface area (Å²) in [7, 11) is 5.96. The highest BCUT2D eigenvalue weighted by Gasteiger charge is 2.25. The highest BCUT2D eigenvalue weighted by Crippen LogP contribution is 2.17.